The number of hydrogen-bond acceptors (Lipinski definition) is 0. The molecule has 0 N–H and O–H groups in total. The smallest absolute Gasteiger partial charge is 0.0190 e. The molecule has 1 rings (SSSR count). The van der Waals surface area contributed by atoms with Crippen molar-refractivity contribution in [3.05, 3.63) is 35.4 Å². The molecule has 150 valence electrons. The van der Waals surface area contributed by atoms with Gasteiger partial charge < -0.3 is 0 Å². The van der Waals surface area contributed by atoms with E-state index in [0.29, 0.717) is 11.8 Å². The highest BCUT2D eigenvalue weighted by Crippen LogP contribution is 2.27. The Kier molecular flexibility index (Phi) is 13.7. The van der Waals surface area contributed by atoms with Crippen LogP contribution >= 0.6 is 0 Å². The Morgan fingerprint density at radius 1 is 0.500 bits per heavy atom. The molecule has 0 aliphatic rings. The zero-order valence-electron chi connectivity index (χ0n) is 18.4. The summed E-state index contributed by atoms with van der Waals surface area (Å²) >= 11 is 0. The molecular formula is C26H46. The summed E-state index contributed by atoms with van der Waals surface area (Å²) in [5.41, 5.74) is 3.07. The largest absolute Gasteiger partial charge is 0.0654 e. The minimum absolute atomic E-state index is 0.712. The number of rotatable bonds is 16. The van der Waals surface area contributed by atoms with Gasteiger partial charge >= 0.3 is 0 Å². The van der Waals surface area contributed by atoms with Gasteiger partial charge in [-0.15, -0.1) is 0 Å². The van der Waals surface area contributed by atoms with Crippen LogP contribution in [0.4, 0.5) is 0 Å². The fraction of sp³-hybridized carbons (Fsp3) is 0.769. The first kappa shape index (κ1) is 23.3. The molecule has 0 heterocycles. The van der Waals surface area contributed by atoms with Crippen LogP contribution in [0.1, 0.15) is 141 Å². The van der Waals surface area contributed by atoms with Gasteiger partial charge in [0.15, 0.2) is 0 Å². The van der Waals surface area contributed by atoms with Crippen molar-refractivity contribution in [2.45, 2.75) is 129 Å². The molecule has 0 saturated carbocycles. The van der Waals surface area contributed by atoms with E-state index in [1.807, 2.05) is 0 Å². The summed E-state index contributed by atoms with van der Waals surface area (Å²) in [7, 11) is 0. The molecule has 26 heavy (non-hydrogen) atoms. The van der Waals surface area contributed by atoms with Crippen LogP contribution in [-0.2, 0) is 0 Å². The summed E-state index contributed by atoms with van der Waals surface area (Å²) in [6.45, 7) is 9.39. The highest BCUT2D eigenvalue weighted by Gasteiger charge is 2.08. The first-order valence-electron chi connectivity index (χ1n) is 11.8. The van der Waals surface area contributed by atoms with E-state index in [0.717, 1.165) is 0 Å². The van der Waals surface area contributed by atoms with Crippen molar-refractivity contribution >= 4 is 0 Å². The zero-order valence-corrected chi connectivity index (χ0v) is 18.4. The van der Waals surface area contributed by atoms with Crippen molar-refractivity contribution < 1.29 is 0 Å². The third-order valence-corrected chi connectivity index (χ3v) is 6.06. The Morgan fingerprint density at radius 2 is 0.808 bits per heavy atom. The van der Waals surface area contributed by atoms with Gasteiger partial charge in [-0.3, -0.25) is 0 Å². The molecular weight excluding hydrogens is 312 g/mol. The predicted octanol–water partition coefficient (Wildman–Crippen LogP) is 9.39. The van der Waals surface area contributed by atoms with Crippen LogP contribution in [0.25, 0.3) is 0 Å². The van der Waals surface area contributed by atoms with Crippen molar-refractivity contribution in [1.29, 1.82) is 0 Å². The van der Waals surface area contributed by atoms with Crippen molar-refractivity contribution in [1.82, 2.24) is 0 Å². The van der Waals surface area contributed by atoms with Crippen LogP contribution in [0, 0.1) is 0 Å². The monoisotopic (exact) mass is 358 g/mol. The van der Waals surface area contributed by atoms with Crippen molar-refractivity contribution in [3.8, 4) is 0 Å². The molecule has 0 amide bonds. The highest BCUT2D eigenvalue weighted by atomic mass is 14.1. The summed E-state index contributed by atoms with van der Waals surface area (Å²) in [4.78, 5) is 0. The van der Waals surface area contributed by atoms with Gasteiger partial charge in [-0.05, 0) is 35.8 Å². The van der Waals surface area contributed by atoms with E-state index in [2.05, 4.69) is 52.0 Å². The number of benzene rings is 1. The van der Waals surface area contributed by atoms with Gasteiger partial charge in [0.25, 0.3) is 0 Å². The van der Waals surface area contributed by atoms with Gasteiger partial charge in [0.2, 0.25) is 0 Å². The molecule has 0 spiro atoms. The van der Waals surface area contributed by atoms with E-state index in [4.69, 9.17) is 0 Å². The second-order valence-electron chi connectivity index (χ2n) is 8.58. The topological polar surface area (TPSA) is 0 Å². The Balaban J connectivity index is 2.24. The summed E-state index contributed by atoms with van der Waals surface area (Å²) in [6.07, 6.45) is 19.5. The maximum atomic E-state index is 2.40. The fourth-order valence-electron chi connectivity index (χ4n) is 3.95. The fourth-order valence-corrected chi connectivity index (χ4v) is 3.95. The van der Waals surface area contributed by atoms with E-state index in [1.165, 1.54) is 101 Å². The van der Waals surface area contributed by atoms with E-state index in [1.54, 1.807) is 0 Å². The van der Waals surface area contributed by atoms with E-state index >= 15 is 0 Å². The maximum Gasteiger partial charge on any atom is -0.0190 e. The Bertz CT molecular complexity index is 375. The quantitative estimate of drug-likeness (QED) is 0.258. The lowest BCUT2D eigenvalue weighted by Crippen LogP contribution is -1.97. The average Bonchev–Trinajstić information content (AvgIpc) is 2.67. The van der Waals surface area contributed by atoms with Crippen LogP contribution < -0.4 is 0 Å². The lowest BCUT2D eigenvalue weighted by molar-refractivity contribution is 0.554. The summed E-state index contributed by atoms with van der Waals surface area (Å²) < 4.78 is 0. The average molecular weight is 359 g/mol. The van der Waals surface area contributed by atoms with Crippen molar-refractivity contribution in [2.75, 3.05) is 0 Å². The molecule has 0 saturated heterocycles. The van der Waals surface area contributed by atoms with Crippen molar-refractivity contribution in [3.63, 3.8) is 0 Å². The van der Waals surface area contributed by atoms with Crippen LogP contribution in [0.3, 0.4) is 0 Å². The highest BCUT2D eigenvalue weighted by molar-refractivity contribution is 5.27. The molecule has 0 aliphatic heterocycles. The van der Waals surface area contributed by atoms with Crippen molar-refractivity contribution in [2.24, 2.45) is 0 Å². The molecule has 1 aromatic rings. The third kappa shape index (κ3) is 10.4. The second kappa shape index (κ2) is 15.3. The molecule has 2 unspecified atom stereocenters. The Hall–Kier alpha value is -0.780. The van der Waals surface area contributed by atoms with Crippen LogP contribution in [0.5, 0.6) is 0 Å². The first-order valence-corrected chi connectivity index (χ1v) is 11.8. The van der Waals surface area contributed by atoms with E-state index in [-0.39, 0.29) is 0 Å². The van der Waals surface area contributed by atoms with Gasteiger partial charge in [0.1, 0.15) is 0 Å². The van der Waals surface area contributed by atoms with Crippen LogP contribution in [-0.4, -0.2) is 0 Å². The van der Waals surface area contributed by atoms with Crippen LogP contribution in [0.15, 0.2) is 24.3 Å². The maximum absolute atomic E-state index is 2.40. The third-order valence-electron chi connectivity index (χ3n) is 6.06. The van der Waals surface area contributed by atoms with E-state index in [9.17, 15) is 0 Å². The van der Waals surface area contributed by atoms with Gasteiger partial charge in [0, 0.05) is 0 Å². The molecule has 0 fully saturated rings. The molecule has 0 heteroatoms. The Morgan fingerprint density at radius 3 is 1.15 bits per heavy atom. The molecule has 0 radical (unpaired) electrons. The lowest BCUT2D eigenvalue weighted by Gasteiger charge is -2.15. The number of unbranched alkanes of at least 4 members (excludes halogenated alkanes) is 10. The summed E-state index contributed by atoms with van der Waals surface area (Å²) in [6, 6.07) is 9.59. The summed E-state index contributed by atoms with van der Waals surface area (Å²) in [5, 5.41) is 0. The van der Waals surface area contributed by atoms with E-state index < -0.39 is 0 Å². The summed E-state index contributed by atoms with van der Waals surface area (Å²) in [5.74, 6) is 1.42. The minimum atomic E-state index is 0.712. The predicted molar refractivity (Wildman–Crippen MR) is 119 cm³/mol. The van der Waals surface area contributed by atoms with Crippen LogP contribution in [0.2, 0.25) is 0 Å². The molecule has 0 aliphatic carbocycles. The van der Waals surface area contributed by atoms with Gasteiger partial charge in [-0.25, -0.2) is 0 Å². The molecule has 0 nitrogen and oxygen atoms in total. The standard InChI is InChI=1S/C26H46/c1-5-7-9-11-13-15-17-23(3)25-19-21-26(22-20-25)24(4)18-16-14-12-10-8-6-2/h19-24H,5-18H2,1-4H3. The molecule has 0 aromatic heterocycles. The normalized spacial score (nSPS) is 13.7. The molecule has 2 atom stereocenters. The van der Waals surface area contributed by atoms with Gasteiger partial charge in [-0.1, -0.05) is 129 Å². The van der Waals surface area contributed by atoms with Gasteiger partial charge in [-0.2, -0.15) is 0 Å². The Labute approximate surface area is 165 Å². The zero-order chi connectivity index (χ0) is 19.0. The molecule has 0 bridgehead atoms. The minimum Gasteiger partial charge on any atom is -0.0654 e. The first-order chi connectivity index (χ1) is 12.7. The lowest BCUT2D eigenvalue weighted by atomic mass is 9.90. The SMILES string of the molecule is CCCCCCCCC(C)c1ccc(C(C)CCCCCCCC)cc1. The number of hydrogen-bond donors (Lipinski definition) is 0. The molecule has 1 aromatic carbocycles. The van der Waals surface area contributed by atoms with Gasteiger partial charge in [0.05, 0.1) is 0 Å². The second-order valence-corrected chi connectivity index (χ2v) is 8.58.